The van der Waals surface area contributed by atoms with Gasteiger partial charge in [0.05, 0.1) is 16.7 Å². The second-order valence-electron chi connectivity index (χ2n) is 4.26. The van der Waals surface area contributed by atoms with Crippen LogP contribution in [0.4, 0.5) is 5.69 Å². The second-order valence-corrected chi connectivity index (χ2v) is 4.26. The summed E-state index contributed by atoms with van der Waals surface area (Å²) < 4.78 is 2.78. The molecule has 0 aliphatic carbocycles. The first-order valence-electron chi connectivity index (χ1n) is 5.95. The Morgan fingerprint density at radius 1 is 1.37 bits per heavy atom. The quantitative estimate of drug-likeness (QED) is 0.622. The zero-order chi connectivity index (χ0) is 14.0. The van der Waals surface area contributed by atoms with E-state index in [1.54, 1.807) is 0 Å². The van der Waals surface area contributed by atoms with Crippen LogP contribution in [-0.2, 0) is 0 Å². The number of rotatable bonds is 4. The Balaban J connectivity index is 2.40. The SMILES string of the molecule is CCC(C)n1ncn(-c2ccc([N+](=O)[O-])cc2)c1=O. The number of hydrogen-bond acceptors (Lipinski definition) is 4. The second kappa shape index (κ2) is 5.05. The molecule has 7 nitrogen and oxygen atoms in total. The highest BCUT2D eigenvalue weighted by Gasteiger charge is 2.12. The Hall–Kier alpha value is -2.44. The maximum absolute atomic E-state index is 12.1. The number of nitro benzene ring substituents is 1. The minimum Gasteiger partial charge on any atom is -0.258 e. The number of hydrogen-bond donors (Lipinski definition) is 0. The molecule has 0 saturated carbocycles. The van der Waals surface area contributed by atoms with E-state index in [4.69, 9.17) is 0 Å². The Morgan fingerprint density at radius 3 is 2.53 bits per heavy atom. The molecule has 19 heavy (non-hydrogen) atoms. The van der Waals surface area contributed by atoms with E-state index in [9.17, 15) is 14.9 Å². The number of aromatic nitrogens is 3. The van der Waals surface area contributed by atoms with Crippen molar-refractivity contribution in [2.45, 2.75) is 26.3 Å². The molecule has 1 aromatic carbocycles. The van der Waals surface area contributed by atoms with E-state index in [-0.39, 0.29) is 17.4 Å². The van der Waals surface area contributed by atoms with E-state index in [0.29, 0.717) is 5.69 Å². The largest absolute Gasteiger partial charge is 0.350 e. The van der Waals surface area contributed by atoms with Crippen molar-refractivity contribution in [3.8, 4) is 5.69 Å². The molecule has 1 aromatic heterocycles. The van der Waals surface area contributed by atoms with Crippen LogP contribution in [0, 0.1) is 10.1 Å². The smallest absolute Gasteiger partial charge is 0.258 e. The lowest BCUT2D eigenvalue weighted by Gasteiger charge is -2.06. The monoisotopic (exact) mass is 262 g/mol. The van der Waals surface area contributed by atoms with Gasteiger partial charge in [0.1, 0.15) is 6.33 Å². The predicted molar refractivity (Wildman–Crippen MR) is 69.5 cm³/mol. The molecule has 1 atom stereocenters. The summed E-state index contributed by atoms with van der Waals surface area (Å²) in [6.07, 6.45) is 2.23. The average molecular weight is 262 g/mol. The first kappa shape index (κ1) is 13.0. The van der Waals surface area contributed by atoms with Crippen LogP contribution in [0.25, 0.3) is 5.69 Å². The van der Waals surface area contributed by atoms with Crippen molar-refractivity contribution in [2.24, 2.45) is 0 Å². The predicted octanol–water partition coefficient (Wildman–Crippen LogP) is 1.91. The molecular weight excluding hydrogens is 248 g/mol. The van der Waals surface area contributed by atoms with Gasteiger partial charge in [0, 0.05) is 12.1 Å². The molecule has 0 fully saturated rings. The highest BCUT2D eigenvalue weighted by Crippen LogP contribution is 2.14. The molecule has 1 heterocycles. The summed E-state index contributed by atoms with van der Waals surface area (Å²) in [5.74, 6) is 0. The molecule has 0 saturated heterocycles. The van der Waals surface area contributed by atoms with E-state index in [1.165, 1.54) is 39.8 Å². The molecule has 2 aromatic rings. The van der Waals surface area contributed by atoms with Gasteiger partial charge in [-0.2, -0.15) is 5.10 Å². The van der Waals surface area contributed by atoms with Crippen molar-refractivity contribution in [3.63, 3.8) is 0 Å². The van der Waals surface area contributed by atoms with Gasteiger partial charge in [0.25, 0.3) is 5.69 Å². The van der Waals surface area contributed by atoms with Crippen molar-refractivity contribution >= 4 is 5.69 Å². The lowest BCUT2D eigenvalue weighted by Crippen LogP contribution is -2.26. The van der Waals surface area contributed by atoms with E-state index in [0.717, 1.165) is 6.42 Å². The van der Waals surface area contributed by atoms with Crippen molar-refractivity contribution < 1.29 is 4.92 Å². The van der Waals surface area contributed by atoms with Crippen LogP contribution in [0.5, 0.6) is 0 Å². The number of benzene rings is 1. The average Bonchev–Trinajstić information content (AvgIpc) is 2.80. The molecule has 0 amide bonds. The third-order valence-corrected chi connectivity index (χ3v) is 3.04. The molecule has 0 aliphatic rings. The van der Waals surface area contributed by atoms with Crippen molar-refractivity contribution in [1.29, 1.82) is 0 Å². The van der Waals surface area contributed by atoms with Crippen LogP contribution in [0.15, 0.2) is 35.4 Å². The molecule has 0 N–H and O–H groups in total. The Kier molecular flexibility index (Phi) is 3.46. The Labute approximate surface area is 109 Å². The lowest BCUT2D eigenvalue weighted by atomic mass is 10.3. The number of nitro groups is 1. The van der Waals surface area contributed by atoms with E-state index >= 15 is 0 Å². The highest BCUT2D eigenvalue weighted by molar-refractivity contribution is 5.40. The Bertz CT molecular complexity index is 642. The molecule has 0 spiro atoms. The van der Waals surface area contributed by atoms with Gasteiger partial charge in [-0.3, -0.25) is 10.1 Å². The summed E-state index contributed by atoms with van der Waals surface area (Å²) in [5.41, 5.74) is 0.305. The van der Waals surface area contributed by atoms with Crippen LogP contribution < -0.4 is 5.69 Å². The first-order chi connectivity index (χ1) is 9.04. The zero-order valence-corrected chi connectivity index (χ0v) is 10.7. The Morgan fingerprint density at radius 2 is 2.00 bits per heavy atom. The summed E-state index contributed by atoms with van der Waals surface area (Å²) in [6.45, 7) is 3.89. The van der Waals surface area contributed by atoms with Crippen molar-refractivity contribution in [1.82, 2.24) is 14.3 Å². The van der Waals surface area contributed by atoms with Gasteiger partial charge in [0.2, 0.25) is 0 Å². The van der Waals surface area contributed by atoms with Crippen molar-refractivity contribution in [2.75, 3.05) is 0 Å². The van der Waals surface area contributed by atoms with Gasteiger partial charge in [-0.15, -0.1) is 0 Å². The van der Waals surface area contributed by atoms with Crippen LogP contribution in [0.1, 0.15) is 26.3 Å². The van der Waals surface area contributed by atoms with Gasteiger partial charge in [-0.1, -0.05) is 6.92 Å². The fourth-order valence-electron chi connectivity index (χ4n) is 1.70. The van der Waals surface area contributed by atoms with Crippen molar-refractivity contribution in [3.05, 3.63) is 51.2 Å². The summed E-state index contributed by atoms with van der Waals surface area (Å²) in [6, 6.07) is 5.81. The molecule has 0 aliphatic heterocycles. The third kappa shape index (κ3) is 2.40. The van der Waals surface area contributed by atoms with Gasteiger partial charge in [-0.05, 0) is 25.5 Å². The third-order valence-electron chi connectivity index (χ3n) is 3.04. The van der Waals surface area contributed by atoms with Crippen LogP contribution in [0.2, 0.25) is 0 Å². The molecule has 0 radical (unpaired) electrons. The summed E-state index contributed by atoms with van der Waals surface area (Å²) in [7, 11) is 0. The number of non-ortho nitro benzene ring substituents is 1. The van der Waals surface area contributed by atoms with E-state index < -0.39 is 4.92 Å². The summed E-state index contributed by atoms with van der Waals surface area (Å²) in [5, 5.41) is 14.6. The molecule has 0 bridgehead atoms. The highest BCUT2D eigenvalue weighted by atomic mass is 16.6. The fourth-order valence-corrected chi connectivity index (χ4v) is 1.70. The topological polar surface area (TPSA) is 83.0 Å². The summed E-state index contributed by atoms with van der Waals surface area (Å²) >= 11 is 0. The normalized spacial score (nSPS) is 12.3. The fraction of sp³-hybridized carbons (Fsp3) is 0.333. The molecule has 1 unspecified atom stereocenters. The standard InChI is InChI=1S/C12H14N4O3/c1-3-9(2)15-12(17)14(8-13-15)10-4-6-11(7-5-10)16(18)19/h4-9H,3H2,1-2H3. The molecule has 2 rings (SSSR count). The van der Waals surface area contributed by atoms with E-state index in [2.05, 4.69) is 5.10 Å². The van der Waals surface area contributed by atoms with Gasteiger partial charge in [0.15, 0.2) is 0 Å². The van der Waals surface area contributed by atoms with E-state index in [1.807, 2.05) is 13.8 Å². The maximum Gasteiger partial charge on any atom is 0.350 e. The van der Waals surface area contributed by atoms with Crippen LogP contribution in [-0.4, -0.2) is 19.3 Å². The molecular formula is C12H14N4O3. The van der Waals surface area contributed by atoms with Crippen LogP contribution >= 0.6 is 0 Å². The minimum atomic E-state index is -0.477. The first-order valence-corrected chi connectivity index (χ1v) is 5.95. The molecule has 7 heteroatoms. The van der Waals surface area contributed by atoms with Gasteiger partial charge >= 0.3 is 5.69 Å². The minimum absolute atomic E-state index is 0.00822. The lowest BCUT2D eigenvalue weighted by molar-refractivity contribution is -0.384. The van der Waals surface area contributed by atoms with Gasteiger partial charge in [-0.25, -0.2) is 14.0 Å². The van der Waals surface area contributed by atoms with Crippen LogP contribution in [0.3, 0.4) is 0 Å². The zero-order valence-electron chi connectivity index (χ0n) is 10.7. The molecule has 100 valence electrons. The maximum atomic E-state index is 12.1. The number of nitrogens with zero attached hydrogens (tertiary/aromatic N) is 4. The summed E-state index contributed by atoms with van der Waals surface area (Å²) in [4.78, 5) is 22.2. The van der Waals surface area contributed by atoms with Gasteiger partial charge < -0.3 is 0 Å².